The molecule has 0 aliphatic rings. The van der Waals surface area contributed by atoms with Gasteiger partial charge in [-0.25, -0.2) is 9.37 Å². The topological polar surface area (TPSA) is 55.1 Å². The highest BCUT2D eigenvalue weighted by Gasteiger charge is 2.10. The molecule has 0 unspecified atom stereocenters. The number of nitrogens with one attached hydrogen (secondary N) is 1. The van der Waals surface area contributed by atoms with Crippen molar-refractivity contribution in [3.63, 3.8) is 0 Å². The van der Waals surface area contributed by atoms with Gasteiger partial charge in [0.05, 0.1) is 0 Å². The molecule has 30 heavy (non-hydrogen) atoms. The first-order chi connectivity index (χ1) is 14.5. The van der Waals surface area contributed by atoms with Crippen LogP contribution >= 0.6 is 22.9 Å². The quantitative estimate of drug-likeness (QED) is 0.364. The Kier molecular flexibility index (Phi) is 6.26. The number of aromatic nitrogens is 1. The lowest BCUT2D eigenvalue weighted by atomic mass is 10.1. The van der Waals surface area contributed by atoms with E-state index in [0.717, 1.165) is 22.4 Å². The second kappa shape index (κ2) is 9.24. The molecule has 4 nitrogen and oxygen atoms in total. The van der Waals surface area contributed by atoms with Crippen molar-refractivity contribution in [2.24, 2.45) is 0 Å². The highest BCUT2D eigenvalue weighted by molar-refractivity contribution is 7.15. The number of nitrogens with zero attached hydrogens (tertiary/aromatic N) is 1. The summed E-state index contributed by atoms with van der Waals surface area (Å²) in [5.41, 5.74) is 1.93. The standard InChI is InChI=1S/C23H18ClFN2O2S/c24-17-5-1-15(2-6-17)13-20-14-26-23(30-20)27-22(28)12-10-19-9-11-21(29-19)16-3-7-18(25)8-4-16/h1-9,11,14H,10,12-13H2,(H,26,27,28). The Balaban J connectivity index is 1.28. The van der Waals surface area contributed by atoms with Gasteiger partial charge in [-0.15, -0.1) is 11.3 Å². The Labute approximate surface area is 182 Å². The van der Waals surface area contributed by atoms with Crippen LogP contribution in [0.2, 0.25) is 5.02 Å². The smallest absolute Gasteiger partial charge is 0.226 e. The van der Waals surface area contributed by atoms with Crippen LogP contribution in [0.15, 0.2) is 71.3 Å². The maximum Gasteiger partial charge on any atom is 0.226 e. The summed E-state index contributed by atoms with van der Waals surface area (Å²) in [6.07, 6.45) is 3.26. The Morgan fingerprint density at radius 3 is 2.60 bits per heavy atom. The van der Waals surface area contributed by atoms with E-state index in [-0.39, 0.29) is 18.1 Å². The predicted molar refractivity (Wildman–Crippen MR) is 117 cm³/mol. The molecule has 0 radical (unpaired) electrons. The van der Waals surface area contributed by atoms with Crippen molar-refractivity contribution in [3.05, 3.63) is 93.9 Å². The van der Waals surface area contributed by atoms with E-state index < -0.39 is 0 Å². The van der Waals surface area contributed by atoms with Crippen molar-refractivity contribution in [3.8, 4) is 11.3 Å². The minimum Gasteiger partial charge on any atom is -0.461 e. The average Bonchev–Trinajstić information content (AvgIpc) is 3.38. The third-order valence-corrected chi connectivity index (χ3v) is 5.65. The normalized spacial score (nSPS) is 10.9. The van der Waals surface area contributed by atoms with Gasteiger partial charge in [0.15, 0.2) is 5.13 Å². The van der Waals surface area contributed by atoms with Crippen LogP contribution in [0, 0.1) is 5.82 Å². The summed E-state index contributed by atoms with van der Waals surface area (Å²) in [5, 5.41) is 4.12. The van der Waals surface area contributed by atoms with Crippen LogP contribution in [0.3, 0.4) is 0 Å². The summed E-state index contributed by atoms with van der Waals surface area (Å²) in [6, 6.07) is 17.4. The molecule has 152 valence electrons. The maximum atomic E-state index is 13.0. The molecule has 2 aromatic heterocycles. The molecule has 0 saturated carbocycles. The minimum absolute atomic E-state index is 0.123. The zero-order chi connectivity index (χ0) is 20.9. The van der Waals surface area contributed by atoms with E-state index in [1.165, 1.54) is 23.5 Å². The molecule has 0 fully saturated rings. The third-order valence-electron chi connectivity index (χ3n) is 4.48. The molecule has 0 spiro atoms. The minimum atomic E-state index is -0.291. The Morgan fingerprint density at radius 2 is 1.83 bits per heavy atom. The van der Waals surface area contributed by atoms with Crippen molar-refractivity contribution in [1.29, 1.82) is 0 Å². The van der Waals surface area contributed by atoms with Crippen LogP contribution in [0.1, 0.15) is 22.6 Å². The van der Waals surface area contributed by atoms with Crippen LogP contribution in [0.25, 0.3) is 11.3 Å². The number of carbonyl (C=O) groups is 1. The van der Waals surface area contributed by atoms with Crippen LogP contribution in [0.4, 0.5) is 9.52 Å². The molecular weight excluding hydrogens is 423 g/mol. The summed E-state index contributed by atoms with van der Waals surface area (Å²) in [7, 11) is 0. The molecule has 1 N–H and O–H groups in total. The monoisotopic (exact) mass is 440 g/mol. The fourth-order valence-corrected chi connectivity index (χ4v) is 3.94. The molecule has 0 bridgehead atoms. The molecule has 0 saturated heterocycles. The predicted octanol–water partition coefficient (Wildman–Crippen LogP) is 6.36. The first kappa shape index (κ1) is 20.3. The van der Waals surface area contributed by atoms with Crippen molar-refractivity contribution < 1.29 is 13.6 Å². The van der Waals surface area contributed by atoms with Gasteiger partial charge < -0.3 is 9.73 Å². The van der Waals surface area contributed by atoms with E-state index in [1.54, 1.807) is 18.3 Å². The number of hydrogen-bond donors (Lipinski definition) is 1. The lowest BCUT2D eigenvalue weighted by Crippen LogP contribution is -2.11. The van der Waals surface area contributed by atoms with Gasteiger partial charge in [0.25, 0.3) is 0 Å². The first-order valence-corrected chi connectivity index (χ1v) is 10.6. The fraction of sp³-hybridized carbons (Fsp3) is 0.130. The number of amides is 1. The second-order valence-electron chi connectivity index (χ2n) is 6.76. The summed E-state index contributed by atoms with van der Waals surface area (Å²) in [6.45, 7) is 0. The number of aryl methyl sites for hydroxylation is 1. The van der Waals surface area contributed by atoms with E-state index in [9.17, 15) is 9.18 Å². The molecule has 7 heteroatoms. The van der Waals surface area contributed by atoms with Gasteiger partial charge >= 0.3 is 0 Å². The molecule has 1 amide bonds. The van der Waals surface area contributed by atoms with E-state index in [2.05, 4.69) is 10.3 Å². The van der Waals surface area contributed by atoms with Crippen molar-refractivity contribution >= 4 is 34.0 Å². The van der Waals surface area contributed by atoms with Gasteiger partial charge in [-0.3, -0.25) is 4.79 Å². The fourth-order valence-electron chi connectivity index (χ4n) is 2.95. The van der Waals surface area contributed by atoms with Gasteiger partial charge in [0.2, 0.25) is 5.91 Å². The van der Waals surface area contributed by atoms with Crippen LogP contribution < -0.4 is 5.32 Å². The first-order valence-electron chi connectivity index (χ1n) is 9.39. The Morgan fingerprint density at radius 1 is 1.07 bits per heavy atom. The number of anilines is 1. The SMILES string of the molecule is O=C(CCc1ccc(-c2ccc(F)cc2)o1)Nc1ncc(Cc2ccc(Cl)cc2)s1. The second-order valence-corrected chi connectivity index (χ2v) is 8.31. The Bertz CT molecular complexity index is 1140. The van der Waals surface area contributed by atoms with E-state index in [1.807, 2.05) is 36.4 Å². The van der Waals surface area contributed by atoms with E-state index >= 15 is 0 Å². The van der Waals surface area contributed by atoms with Crippen molar-refractivity contribution in [2.75, 3.05) is 5.32 Å². The van der Waals surface area contributed by atoms with Crippen LogP contribution in [0.5, 0.6) is 0 Å². The molecule has 2 heterocycles. The number of furan rings is 1. The molecule has 4 rings (SSSR count). The number of thiazole rings is 1. The van der Waals surface area contributed by atoms with Crippen molar-refractivity contribution in [1.82, 2.24) is 4.98 Å². The lowest BCUT2D eigenvalue weighted by Gasteiger charge is -2.01. The molecule has 4 aromatic rings. The number of carbonyl (C=O) groups excluding carboxylic acids is 1. The molecule has 2 aromatic carbocycles. The zero-order valence-corrected chi connectivity index (χ0v) is 17.5. The maximum absolute atomic E-state index is 13.0. The largest absolute Gasteiger partial charge is 0.461 e. The third kappa shape index (κ3) is 5.34. The van der Waals surface area contributed by atoms with Gasteiger partial charge in [0, 0.05) is 40.9 Å². The van der Waals surface area contributed by atoms with E-state index in [4.69, 9.17) is 16.0 Å². The van der Waals surface area contributed by atoms with E-state index in [0.29, 0.717) is 28.1 Å². The number of halogens is 2. The summed E-state index contributed by atoms with van der Waals surface area (Å²) >= 11 is 7.36. The van der Waals surface area contributed by atoms with Crippen molar-refractivity contribution in [2.45, 2.75) is 19.3 Å². The zero-order valence-electron chi connectivity index (χ0n) is 15.9. The van der Waals surface area contributed by atoms with Gasteiger partial charge in [-0.05, 0) is 54.1 Å². The summed E-state index contributed by atoms with van der Waals surface area (Å²) in [5.74, 6) is 0.937. The highest BCUT2D eigenvalue weighted by Crippen LogP contribution is 2.24. The average molecular weight is 441 g/mol. The van der Waals surface area contributed by atoms with Gasteiger partial charge in [-0.2, -0.15) is 0 Å². The number of hydrogen-bond acceptors (Lipinski definition) is 4. The van der Waals surface area contributed by atoms with Gasteiger partial charge in [-0.1, -0.05) is 23.7 Å². The summed E-state index contributed by atoms with van der Waals surface area (Å²) < 4.78 is 18.8. The summed E-state index contributed by atoms with van der Waals surface area (Å²) in [4.78, 5) is 17.6. The van der Waals surface area contributed by atoms with Crippen LogP contribution in [-0.2, 0) is 17.6 Å². The molecule has 0 aliphatic heterocycles. The highest BCUT2D eigenvalue weighted by atomic mass is 35.5. The number of rotatable bonds is 7. The molecule has 0 aliphatic carbocycles. The molecule has 0 atom stereocenters. The lowest BCUT2D eigenvalue weighted by molar-refractivity contribution is -0.116. The van der Waals surface area contributed by atoms with Crippen LogP contribution in [-0.4, -0.2) is 10.9 Å². The number of benzene rings is 2. The van der Waals surface area contributed by atoms with Gasteiger partial charge in [0.1, 0.15) is 17.3 Å². The Hall–Kier alpha value is -2.96. The molecular formula is C23H18ClFN2O2S.